The van der Waals surface area contributed by atoms with E-state index in [2.05, 4.69) is 9.88 Å². The van der Waals surface area contributed by atoms with Crippen molar-refractivity contribution in [2.45, 2.75) is 25.9 Å². The van der Waals surface area contributed by atoms with Crippen LogP contribution in [0, 0.1) is 0 Å². The number of nitrogens with zero attached hydrogens (tertiary/aromatic N) is 2. The number of carbonyl (C=O) groups excluding carboxylic acids is 1. The minimum absolute atomic E-state index is 0.0953. The van der Waals surface area contributed by atoms with Gasteiger partial charge in [0.25, 0.3) is 5.91 Å². The number of amides is 1. The summed E-state index contributed by atoms with van der Waals surface area (Å²) in [6.45, 7) is 3.08. The number of para-hydroxylation sites is 2. The number of hydrogen-bond donors (Lipinski definition) is 1. The number of fused-ring (bicyclic) bond motifs is 1. The van der Waals surface area contributed by atoms with Gasteiger partial charge in [-0.25, -0.2) is 4.98 Å². The van der Waals surface area contributed by atoms with Crippen molar-refractivity contribution in [3.8, 4) is 17.2 Å². The van der Waals surface area contributed by atoms with E-state index in [1.165, 1.54) is 0 Å². The molecule has 4 rings (SSSR count). The van der Waals surface area contributed by atoms with E-state index in [0.717, 1.165) is 34.8 Å². The van der Waals surface area contributed by atoms with Gasteiger partial charge in [-0.3, -0.25) is 4.79 Å². The first kappa shape index (κ1) is 24.4. The highest BCUT2D eigenvalue weighted by Gasteiger charge is 2.18. The standard InChI is InChI=1S/C27H28ClN3O4/c1-19(29-26(32)18-35-23-10-8-20(28)9-11-23)27-30-24-6-3-4-7-25(24)31(27)16-5-17-34-22-14-12-21(33-2)13-15-22/h3-4,6-15,19H,5,16-18H2,1-2H3,(H,29,32). The average molecular weight is 494 g/mol. The van der Waals surface area contributed by atoms with Crippen molar-refractivity contribution in [3.05, 3.63) is 83.6 Å². The molecular weight excluding hydrogens is 466 g/mol. The summed E-state index contributed by atoms with van der Waals surface area (Å²) in [4.78, 5) is 17.3. The summed E-state index contributed by atoms with van der Waals surface area (Å²) < 4.78 is 18.8. The number of halogens is 1. The lowest BCUT2D eigenvalue weighted by molar-refractivity contribution is -0.123. The molecule has 4 aromatic rings. The molecule has 0 fully saturated rings. The Morgan fingerprint density at radius 3 is 2.37 bits per heavy atom. The van der Waals surface area contributed by atoms with Crippen molar-refractivity contribution in [1.82, 2.24) is 14.9 Å². The molecule has 1 aromatic heterocycles. The second-order valence-electron chi connectivity index (χ2n) is 8.02. The third-order valence-corrected chi connectivity index (χ3v) is 5.74. The first-order valence-corrected chi connectivity index (χ1v) is 11.8. The summed E-state index contributed by atoms with van der Waals surface area (Å²) in [7, 11) is 1.64. The smallest absolute Gasteiger partial charge is 0.258 e. The van der Waals surface area contributed by atoms with Gasteiger partial charge in [0.2, 0.25) is 0 Å². The highest BCUT2D eigenvalue weighted by molar-refractivity contribution is 6.30. The van der Waals surface area contributed by atoms with Crippen LogP contribution in [0.4, 0.5) is 0 Å². The molecule has 1 N–H and O–H groups in total. The molecule has 182 valence electrons. The first-order valence-electron chi connectivity index (χ1n) is 11.4. The van der Waals surface area contributed by atoms with Gasteiger partial charge >= 0.3 is 0 Å². The van der Waals surface area contributed by atoms with Crippen LogP contribution < -0.4 is 19.5 Å². The second kappa shape index (κ2) is 11.6. The van der Waals surface area contributed by atoms with Crippen LogP contribution in [0.15, 0.2) is 72.8 Å². The second-order valence-corrected chi connectivity index (χ2v) is 8.46. The molecule has 1 amide bonds. The maximum atomic E-state index is 12.5. The number of imidazole rings is 1. The predicted molar refractivity (Wildman–Crippen MR) is 136 cm³/mol. The molecule has 0 aliphatic rings. The molecule has 1 atom stereocenters. The predicted octanol–water partition coefficient (Wildman–Crippen LogP) is 5.42. The molecule has 3 aromatic carbocycles. The van der Waals surface area contributed by atoms with Crippen LogP contribution in [0.5, 0.6) is 17.2 Å². The SMILES string of the molecule is COc1ccc(OCCCn2c(C(C)NC(=O)COc3ccc(Cl)cc3)nc3ccccc32)cc1. The largest absolute Gasteiger partial charge is 0.497 e. The average Bonchev–Trinajstić information content (AvgIpc) is 3.25. The minimum Gasteiger partial charge on any atom is -0.497 e. The number of aryl methyl sites for hydroxylation is 1. The van der Waals surface area contributed by atoms with Gasteiger partial charge in [-0.15, -0.1) is 0 Å². The molecule has 35 heavy (non-hydrogen) atoms. The summed E-state index contributed by atoms with van der Waals surface area (Å²) in [5.41, 5.74) is 1.91. The maximum Gasteiger partial charge on any atom is 0.258 e. The van der Waals surface area contributed by atoms with Crippen LogP contribution in [-0.4, -0.2) is 35.8 Å². The van der Waals surface area contributed by atoms with Gasteiger partial charge in [-0.2, -0.15) is 0 Å². The quantitative estimate of drug-likeness (QED) is 0.282. The summed E-state index contributed by atoms with van der Waals surface area (Å²) >= 11 is 5.89. The Hall–Kier alpha value is -3.71. The van der Waals surface area contributed by atoms with E-state index < -0.39 is 0 Å². The van der Waals surface area contributed by atoms with Crippen LogP contribution in [0.25, 0.3) is 11.0 Å². The molecule has 1 unspecified atom stereocenters. The zero-order chi connectivity index (χ0) is 24.6. The van der Waals surface area contributed by atoms with Gasteiger partial charge < -0.3 is 24.1 Å². The molecule has 8 heteroatoms. The highest BCUT2D eigenvalue weighted by atomic mass is 35.5. The van der Waals surface area contributed by atoms with Crippen LogP contribution in [0.1, 0.15) is 25.2 Å². The Labute approximate surface area is 209 Å². The summed E-state index contributed by atoms with van der Waals surface area (Å²) in [6.07, 6.45) is 0.778. The van der Waals surface area contributed by atoms with Gasteiger partial charge in [0.1, 0.15) is 23.1 Å². The van der Waals surface area contributed by atoms with E-state index in [4.69, 9.17) is 30.8 Å². The van der Waals surface area contributed by atoms with Gasteiger partial charge in [0.15, 0.2) is 6.61 Å². The Morgan fingerprint density at radius 2 is 1.63 bits per heavy atom. The van der Waals surface area contributed by atoms with E-state index in [1.54, 1.807) is 31.4 Å². The Balaban J connectivity index is 1.37. The molecule has 1 heterocycles. The minimum atomic E-state index is -0.300. The fraction of sp³-hybridized carbons (Fsp3) is 0.259. The van der Waals surface area contributed by atoms with Crippen molar-refractivity contribution in [3.63, 3.8) is 0 Å². The molecule has 0 saturated carbocycles. The Kier molecular flexibility index (Phi) is 8.11. The number of benzene rings is 3. The van der Waals surface area contributed by atoms with Crippen molar-refractivity contribution in [2.75, 3.05) is 20.3 Å². The normalized spacial score (nSPS) is 11.7. The molecular formula is C27H28ClN3O4. The fourth-order valence-corrected chi connectivity index (χ4v) is 3.90. The van der Waals surface area contributed by atoms with Crippen molar-refractivity contribution >= 4 is 28.5 Å². The van der Waals surface area contributed by atoms with Gasteiger partial charge in [0, 0.05) is 11.6 Å². The number of ether oxygens (including phenoxy) is 3. The molecule has 0 spiro atoms. The number of methoxy groups -OCH3 is 1. The molecule has 0 bridgehead atoms. The van der Waals surface area contributed by atoms with Crippen molar-refractivity contribution in [2.24, 2.45) is 0 Å². The highest BCUT2D eigenvalue weighted by Crippen LogP contribution is 2.22. The topological polar surface area (TPSA) is 74.6 Å². The summed E-state index contributed by atoms with van der Waals surface area (Å²) in [6, 6.07) is 22.1. The lowest BCUT2D eigenvalue weighted by Crippen LogP contribution is -2.32. The molecule has 0 aliphatic carbocycles. The van der Waals surface area contributed by atoms with E-state index in [0.29, 0.717) is 23.9 Å². The van der Waals surface area contributed by atoms with E-state index >= 15 is 0 Å². The van der Waals surface area contributed by atoms with E-state index in [9.17, 15) is 4.79 Å². The maximum absolute atomic E-state index is 12.5. The van der Waals surface area contributed by atoms with Gasteiger partial charge in [-0.05, 0) is 74.0 Å². The lowest BCUT2D eigenvalue weighted by atomic mass is 10.3. The fourth-order valence-electron chi connectivity index (χ4n) is 3.77. The van der Waals surface area contributed by atoms with Crippen LogP contribution in [0.3, 0.4) is 0 Å². The van der Waals surface area contributed by atoms with Crippen molar-refractivity contribution in [1.29, 1.82) is 0 Å². The number of hydrogen-bond acceptors (Lipinski definition) is 5. The van der Waals surface area contributed by atoms with Crippen molar-refractivity contribution < 1.29 is 19.0 Å². The number of nitrogens with one attached hydrogen (secondary N) is 1. The monoisotopic (exact) mass is 493 g/mol. The molecule has 0 saturated heterocycles. The van der Waals surface area contributed by atoms with Crippen LogP contribution in [-0.2, 0) is 11.3 Å². The molecule has 0 radical (unpaired) electrons. The van der Waals surface area contributed by atoms with Gasteiger partial charge in [0.05, 0.1) is 30.8 Å². The summed E-state index contributed by atoms with van der Waals surface area (Å²) in [5, 5.41) is 3.60. The van der Waals surface area contributed by atoms with E-state index in [-0.39, 0.29) is 18.6 Å². The van der Waals surface area contributed by atoms with E-state index in [1.807, 2.05) is 55.5 Å². The number of carbonyl (C=O) groups is 1. The number of rotatable bonds is 11. The van der Waals surface area contributed by atoms with Crippen LogP contribution >= 0.6 is 11.6 Å². The first-order chi connectivity index (χ1) is 17.0. The molecule has 7 nitrogen and oxygen atoms in total. The third-order valence-electron chi connectivity index (χ3n) is 5.49. The zero-order valence-corrected chi connectivity index (χ0v) is 20.5. The summed E-state index contributed by atoms with van der Waals surface area (Å²) in [5.74, 6) is 2.73. The Morgan fingerprint density at radius 1 is 0.971 bits per heavy atom. The Bertz CT molecular complexity index is 1260. The van der Waals surface area contributed by atoms with Crippen LogP contribution in [0.2, 0.25) is 5.02 Å². The number of aromatic nitrogens is 2. The third kappa shape index (κ3) is 6.45. The lowest BCUT2D eigenvalue weighted by Gasteiger charge is -2.17. The molecule has 0 aliphatic heterocycles. The zero-order valence-electron chi connectivity index (χ0n) is 19.7. The van der Waals surface area contributed by atoms with Gasteiger partial charge in [-0.1, -0.05) is 23.7 Å².